The summed E-state index contributed by atoms with van der Waals surface area (Å²) in [5.74, 6) is -3.19. The van der Waals surface area contributed by atoms with Crippen molar-refractivity contribution in [2.75, 3.05) is 13.2 Å². The largest absolute Gasteiger partial charge is 0.479 e. The Morgan fingerprint density at radius 1 is 0.442 bits per heavy atom. The van der Waals surface area contributed by atoms with Gasteiger partial charge in [-0.05, 0) is 116 Å². The predicted molar refractivity (Wildman–Crippen MR) is 312 cm³/mol. The monoisotopic (exact) mass is 1080 g/mol. The van der Waals surface area contributed by atoms with Crippen LogP contribution in [0.1, 0.15) is 226 Å². The summed E-state index contributed by atoms with van der Waals surface area (Å²) in [7, 11) is 0. The van der Waals surface area contributed by atoms with E-state index in [0.29, 0.717) is 19.3 Å². The predicted octanol–water partition coefficient (Wildman–Crippen LogP) is 15.4. The maximum absolute atomic E-state index is 13.1. The zero-order valence-corrected chi connectivity index (χ0v) is 47.9. The van der Waals surface area contributed by atoms with E-state index in [1.807, 2.05) is 0 Å². The van der Waals surface area contributed by atoms with Gasteiger partial charge in [-0.1, -0.05) is 201 Å². The average molecular weight is 1080 g/mol. The standard InChI is InChI=1S/C65H104O12/c1-4-7-10-13-16-19-22-25-27-28-29-30-32-34-36-39-42-45-48-51-57(66)73-54-56(75-58(67)52-49-46-43-40-37-33-24-21-18-15-12-9-6-3)55-74-65-63(61(70)60(69)62(77-65)64(71)72)76-59(68)53-50-47-44-41-38-35-31-26-23-20-17-14-11-8-5-2/h7-8,10-12,15-17,19-21,24-27,29-31,56,60-63,65,69-70H,4-6,9,13-14,18,22-23,28,32-55H2,1-3H3,(H,71,72)/b10-7-,11-8-,15-12-,19-16-,20-17-,24-21-,27-25-,30-29-,31-26-. The number of rotatable bonds is 49. The van der Waals surface area contributed by atoms with Gasteiger partial charge in [0.05, 0.1) is 6.61 Å². The van der Waals surface area contributed by atoms with Gasteiger partial charge < -0.3 is 39.0 Å². The van der Waals surface area contributed by atoms with Crippen LogP contribution in [0.5, 0.6) is 0 Å². The summed E-state index contributed by atoms with van der Waals surface area (Å²) >= 11 is 0. The number of ether oxygens (including phenoxy) is 5. The Balaban J connectivity index is 2.70. The first-order valence-electron chi connectivity index (χ1n) is 29.9. The molecule has 1 saturated heterocycles. The summed E-state index contributed by atoms with van der Waals surface area (Å²) in [6, 6.07) is 0. The number of carboxylic acid groups (broad SMARTS) is 1. The molecule has 1 aliphatic rings. The van der Waals surface area contributed by atoms with Crippen molar-refractivity contribution in [2.45, 2.75) is 263 Å². The van der Waals surface area contributed by atoms with Crippen LogP contribution in [0.15, 0.2) is 109 Å². The van der Waals surface area contributed by atoms with Crippen molar-refractivity contribution in [3.05, 3.63) is 109 Å². The van der Waals surface area contributed by atoms with E-state index in [2.05, 4.69) is 130 Å². The highest BCUT2D eigenvalue weighted by Gasteiger charge is 2.50. The Kier molecular flexibility index (Phi) is 47.6. The molecule has 0 spiro atoms. The van der Waals surface area contributed by atoms with E-state index in [1.165, 1.54) is 0 Å². The average Bonchev–Trinajstić information content (AvgIpc) is 3.42. The number of aliphatic hydroxyl groups excluding tert-OH is 2. The van der Waals surface area contributed by atoms with E-state index < -0.39 is 67.3 Å². The molecule has 0 radical (unpaired) electrons. The van der Waals surface area contributed by atoms with E-state index >= 15 is 0 Å². The summed E-state index contributed by atoms with van der Waals surface area (Å²) in [4.78, 5) is 51.2. The number of carbonyl (C=O) groups excluding carboxylic acids is 3. The second-order valence-corrected chi connectivity index (χ2v) is 19.9. The van der Waals surface area contributed by atoms with E-state index in [0.717, 1.165) is 167 Å². The molecule has 6 unspecified atom stereocenters. The van der Waals surface area contributed by atoms with Crippen molar-refractivity contribution in [3.8, 4) is 0 Å². The Bertz CT molecular complexity index is 1750. The Hall–Kier alpha value is -4.62. The Morgan fingerprint density at radius 2 is 0.818 bits per heavy atom. The van der Waals surface area contributed by atoms with Crippen LogP contribution in [0.3, 0.4) is 0 Å². The lowest BCUT2D eigenvalue weighted by Gasteiger charge is -2.40. The smallest absolute Gasteiger partial charge is 0.335 e. The molecule has 12 nitrogen and oxygen atoms in total. The van der Waals surface area contributed by atoms with Gasteiger partial charge in [0.1, 0.15) is 18.8 Å². The maximum atomic E-state index is 13.1. The minimum atomic E-state index is -1.92. The highest BCUT2D eigenvalue weighted by Crippen LogP contribution is 2.26. The second kappa shape index (κ2) is 52.1. The van der Waals surface area contributed by atoms with Gasteiger partial charge in [-0.2, -0.15) is 0 Å². The molecule has 77 heavy (non-hydrogen) atoms. The molecule has 3 N–H and O–H groups in total. The number of carboxylic acids is 1. The van der Waals surface area contributed by atoms with Crippen LogP contribution in [0.4, 0.5) is 0 Å². The molecule has 0 bridgehead atoms. The van der Waals surface area contributed by atoms with Gasteiger partial charge in [-0.25, -0.2) is 4.79 Å². The summed E-state index contributed by atoms with van der Waals surface area (Å²) in [5, 5.41) is 31.5. The van der Waals surface area contributed by atoms with Crippen LogP contribution in [0, 0.1) is 0 Å². The normalized spacial score (nSPS) is 18.8. The number of unbranched alkanes of at least 4 members (excludes halogenated alkanes) is 17. The summed E-state index contributed by atoms with van der Waals surface area (Å²) in [5.41, 5.74) is 0. The minimum absolute atomic E-state index is 0.0327. The molecule has 436 valence electrons. The van der Waals surface area contributed by atoms with E-state index in [4.69, 9.17) is 23.7 Å². The fraction of sp³-hybridized carbons (Fsp3) is 0.662. The van der Waals surface area contributed by atoms with Gasteiger partial charge in [0.25, 0.3) is 0 Å². The third-order valence-corrected chi connectivity index (χ3v) is 12.8. The van der Waals surface area contributed by atoms with Gasteiger partial charge in [0.15, 0.2) is 24.6 Å². The van der Waals surface area contributed by atoms with Crippen molar-refractivity contribution in [1.29, 1.82) is 0 Å². The summed E-state index contributed by atoms with van der Waals surface area (Å²) in [6.45, 7) is 5.66. The van der Waals surface area contributed by atoms with Crippen molar-refractivity contribution < 1.29 is 58.2 Å². The van der Waals surface area contributed by atoms with Crippen molar-refractivity contribution >= 4 is 23.9 Å². The fourth-order valence-corrected chi connectivity index (χ4v) is 8.29. The number of hydrogen-bond donors (Lipinski definition) is 3. The zero-order chi connectivity index (χ0) is 56.1. The van der Waals surface area contributed by atoms with Crippen LogP contribution in [-0.2, 0) is 42.9 Å². The molecule has 0 aromatic heterocycles. The lowest BCUT2D eigenvalue weighted by molar-refractivity contribution is -0.301. The van der Waals surface area contributed by atoms with Gasteiger partial charge in [-0.3, -0.25) is 14.4 Å². The number of aliphatic carboxylic acids is 1. The van der Waals surface area contributed by atoms with Crippen LogP contribution in [0.25, 0.3) is 0 Å². The molecule has 1 heterocycles. The molecule has 1 rings (SSSR count). The van der Waals surface area contributed by atoms with Crippen LogP contribution in [-0.4, -0.2) is 89.2 Å². The first-order valence-corrected chi connectivity index (χ1v) is 29.9. The molecule has 0 saturated carbocycles. The highest BCUT2D eigenvalue weighted by atomic mass is 16.7. The third kappa shape index (κ3) is 42.1. The second-order valence-electron chi connectivity index (χ2n) is 19.9. The third-order valence-electron chi connectivity index (χ3n) is 12.8. The number of esters is 3. The number of aliphatic hydroxyl groups is 2. The van der Waals surface area contributed by atoms with Crippen LogP contribution < -0.4 is 0 Å². The van der Waals surface area contributed by atoms with Crippen molar-refractivity contribution in [3.63, 3.8) is 0 Å². The van der Waals surface area contributed by atoms with Crippen LogP contribution >= 0.6 is 0 Å². The summed E-state index contributed by atoms with van der Waals surface area (Å²) < 4.78 is 28.4. The minimum Gasteiger partial charge on any atom is -0.479 e. The highest BCUT2D eigenvalue weighted by molar-refractivity contribution is 5.74. The zero-order valence-electron chi connectivity index (χ0n) is 47.9. The van der Waals surface area contributed by atoms with Crippen LogP contribution in [0.2, 0.25) is 0 Å². The molecule has 6 atom stereocenters. The number of hydrogen-bond acceptors (Lipinski definition) is 11. The summed E-state index contributed by atoms with van der Waals surface area (Å²) in [6.07, 6.45) is 57.7. The molecule has 1 aliphatic heterocycles. The molecule has 1 fully saturated rings. The number of carbonyl (C=O) groups is 4. The fourth-order valence-electron chi connectivity index (χ4n) is 8.29. The van der Waals surface area contributed by atoms with E-state index in [-0.39, 0.29) is 25.9 Å². The number of allylic oxidation sites excluding steroid dienone is 18. The molecule has 0 amide bonds. The van der Waals surface area contributed by atoms with Gasteiger partial charge >= 0.3 is 23.9 Å². The molecule has 0 aromatic carbocycles. The Morgan fingerprint density at radius 3 is 1.25 bits per heavy atom. The van der Waals surface area contributed by atoms with Crippen molar-refractivity contribution in [1.82, 2.24) is 0 Å². The van der Waals surface area contributed by atoms with Crippen molar-refractivity contribution in [2.24, 2.45) is 0 Å². The lowest BCUT2D eigenvalue weighted by Crippen LogP contribution is -2.61. The van der Waals surface area contributed by atoms with Gasteiger partial charge in [0, 0.05) is 19.3 Å². The molecule has 0 aliphatic carbocycles. The first-order chi connectivity index (χ1) is 37.6. The lowest BCUT2D eigenvalue weighted by atomic mass is 9.98. The molecular formula is C65H104O12. The first kappa shape index (κ1) is 70.4. The van der Waals surface area contributed by atoms with E-state index in [1.54, 1.807) is 0 Å². The SMILES string of the molecule is CC/C=C\C/C=C\C/C=C\C/C=C\CCCCCCCCC(=O)OCC(COC1OC(C(=O)O)C(O)C(O)C1OC(=O)CCCCCCC/C=C\C/C=C\C/C=C\CC)OC(=O)CCCCCCC/C=C\C/C=C\CCC. The van der Waals surface area contributed by atoms with Gasteiger partial charge in [-0.15, -0.1) is 0 Å². The van der Waals surface area contributed by atoms with Gasteiger partial charge in [0.2, 0.25) is 0 Å². The maximum Gasteiger partial charge on any atom is 0.335 e. The molecule has 0 aromatic rings. The molecular weight excluding hydrogens is 973 g/mol. The Labute approximate surface area is 465 Å². The van der Waals surface area contributed by atoms with E-state index in [9.17, 15) is 34.5 Å². The molecule has 12 heteroatoms. The topological polar surface area (TPSA) is 175 Å². The quantitative estimate of drug-likeness (QED) is 0.0228.